The van der Waals surface area contributed by atoms with Crippen molar-refractivity contribution in [1.82, 2.24) is 0 Å². The van der Waals surface area contributed by atoms with E-state index >= 15 is 0 Å². The molecule has 0 bridgehead atoms. The van der Waals surface area contributed by atoms with Crippen LogP contribution in [0.4, 0.5) is 13.2 Å². The third kappa shape index (κ3) is 30.8. The molecule has 8 saturated heterocycles. The average molecular weight is 1890 g/mol. The van der Waals surface area contributed by atoms with E-state index in [0.29, 0.717) is 25.9 Å². The third-order valence-corrected chi connectivity index (χ3v) is 23.7. The van der Waals surface area contributed by atoms with Gasteiger partial charge in [0.15, 0.2) is 40.5 Å². The Morgan fingerprint density at radius 2 is 0.580 bits per heavy atom. The molecule has 0 amide bonds. The SMILES string of the molecule is C.C.C.C.C.CC1(C)O[C@@H]2C(O)[C@@H]3OC(C)(C)O[C@H]3C(OCc3ccccc3)[C@@H]2O1.CC1CCCO1.CC1[C@H]2OC(C)(C)O[C@H]2C(OCc2ccccc2)[C@@H]2OC(C)(C)O[C@@H]12.CO.COCOC1[C@@H](OCOC)[C@H](C)[C@H]2OC(C)(C)O[C@H]2[C@H]1OCOC.C[C@H]1[C@H](O)[C@@H](O)[C@H](O)[C@@H]2OC(C)(C)O[C@H]12.C[C@H]1[C@H](O)[C@@H](O)[C@H](OCc2ccccc2)[C@@H]2OC(C)(C)O[C@H]12.O=C(O)C(F)(F)F. The summed E-state index contributed by atoms with van der Waals surface area (Å²) in [4.78, 5) is 8.90. The van der Waals surface area contributed by atoms with Crippen molar-refractivity contribution in [3.05, 3.63) is 108 Å². The number of hydrogen-bond donors (Lipinski definition) is 8. The highest BCUT2D eigenvalue weighted by molar-refractivity contribution is 5.73. The number of alkyl halides is 3. The number of carbonyl (C=O) groups is 1. The lowest BCUT2D eigenvalue weighted by atomic mass is 9.79. The summed E-state index contributed by atoms with van der Waals surface area (Å²) < 4.78 is 172. The Kier molecular flexibility index (Phi) is 45.9. The predicted molar refractivity (Wildman–Crippen MR) is 475 cm³/mol. The number of carboxylic acid groups (broad SMARTS) is 1. The van der Waals surface area contributed by atoms with Crippen LogP contribution in [0.2, 0.25) is 0 Å². The lowest BCUT2D eigenvalue weighted by molar-refractivity contribution is -0.260. The monoisotopic (exact) mass is 1890 g/mol. The van der Waals surface area contributed by atoms with Crippen LogP contribution in [0.3, 0.4) is 0 Å². The van der Waals surface area contributed by atoms with E-state index in [9.17, 15) is 43.8 Å². The maximum atomic E-state index is 10.8. The van der Waals surface area contributed by atoms with Gasteiger partial charge >= 0.3 is 12.1 Å². The maximum absolute atomic E-state index is 10.8. The third-order valence-electron chi connectivity index (χ3n) is 23.7. The van der Waals surface area contributed by atoms with Gasteiger partial charge in [-0.25, -0.2) is 4.79 Å². The van der Waals surface area contributed by atoms with E-state index in [0.717, 1.165) is 30.4 Å². The minimum Gasteiger partial charge on any atom is -0.475 e. The number of aliphatic hydroxyl groups excluding tert-OH is 7. The van der Waals surface area contributed by atoms with Crippen molar-refractivity contribution in [3.8, 4) is 0 Å². The summed E-state index contributed by atoms with van der Waals surface area (Å²) in [5, 5.41) is 74.6. The van der Waals surface area contributed by atoms with E-state index in [2.05, 4.69) is 32.9 Å². The lowest BCUT2D eigenvalue weighted by Gasteiger charge is -2.45. The summed E-state index contributed by atoms with van der Waals surface area (Å²) in [6, 6.07) is 29.9. The van der Waals surface area contributed by atoms with E-state index in [1.54, 1.807) is 42.1 Å². The van der Waals surface area contributed by atoms with Crippen molar-refractivity contribution >= 4 is 5.97 Å². The summed E-state index contributed by atoms with van der Waals surface area (Å²) in [7, 11) is 5.73. The summed E-state index contributed by atoms with van der Waals surface area (Å²) >= 11 is 0. The summed E-state index contributed by atoms with van der Waals surface area (Å²) in [6.07, 6.45) is -14.6. The molecule has 13 fully saturated rings. The normalized spacial score (nSPS) is 38.0. The fourth-order valence-electron chi connectivity index (χ4n) is 18.2. The number of halogens is 3. The van der Waals surface area contributed by atoms with Crippen LogP contribution in [0, 0.1) is 23.7 Å². The second-order valence-electron chi connectivity index (χ2n) is 36.9. The molecule has 13 aliphatic rings. The molecule has 8 heterocycles. The van der Waals surface area contributed by atoms with Crippen molar-refractivity contribution < 1.29 is 173 Å². The molecule has 131 heavy (non-hydrogen) atoms. The molecule has 36 heteroatoms. The molecule has 33 nitrogen and oxygen atoms in total. The molecular weight excluding hydrogens is 1730 g/mol. The number of carboxylic acids is 1. The van der Waals surface area contributed by atoms with Crippen molar-refractivity contribution in [2.24, 2.45) is 23.7 Å². The zero-order valence-corrected chi connectivity index (χ0v) is 76.8. The Hall–Kier alpha value is -4.32. The second kappa shape index (κ2) is 50.5. The largest absolute Gasteiger partial charge is 0.490 e. The fraction of sp³-hybridized carbons (Fsp3) is 0.800. The molecule has 16 rings (SSSR count). The summed E-state index contributed by atoms with van der Waals surface area (Å²) in [6.45, 7) is 38.8. The number of ether oxygens (including phenoxy) is 24. The Morgan fingerprint density at radius 1 is 0.328 bits per heavy atom. The molecule has 3 aromatic carbocycles. The molecule has 3 aromatic rings. The Morgan fingerprint density at radius 3 is 0.885 bits per heavy atom. The molecule has 6 unspecified atom stereocenters. The number of aliphatic hydroxyl groups is 7. The van der Waals surface area contributed by atoms with Crippen molar-refractivity contribution in [2.45, 2.75) is 413 Å². The number of methoxy groups -OCH3 is 3. The highest BCUT2D eigenvalue weighted by Crippen LogP contribution is 2.51. The van der Waals surface area contributed by atoms with Gasteiger partial charge in [-0.05, 0) is 133 Å². The van der Waals surface area contributed by atoms with Crippen LogP contribution in [0.15, 0.2) is 91.0 Å². The predicted octanol–water partition coefficient (Wildman–Crippen LogP) is 11.7. The van der Waals surface area contributed by atoms with Crippen LogP contribution in [0.1, 0.15) is 198 Å². The molecule has 0 spiro atoms. The van der Waals surface area contributed by atoms with E-state index in [-0.39, 0.29) is 154 Å². The van der Waals surface area contributed by atoms with Crippen LogP contribution in [0.25, 0.3) is 0 Å². The van der Waals surface area contributed by atoms with Crippen molar-refractivity contribution in [2.75, 3.05) is 55.4 Å². The van der Waals surface area contributed by atoms with Crippen LogP contribution in [-0.2, 0) is 138 Å². The molecule has 0 aromatic heterocycles. The zero-order chi connectivity index (χ0) is 93.1. The highest BCUT2D eigenvalue weighted by Gasteiger charge is 2.66. The topological polar surface area (TPSA) is 400 Å². The first kappa shape index (κ1) is 119. The van der Waals surface area contributed by atoms with Gasteiger partial charge in [-0.2, -0.15) is 13.2 Å². The highest BCUT2D eigenvalue weighted by atomic mass is 19.4. The molecule has 8 N–H and O–H groups in total. The van der Waals surface area contributed by atoms with E-state index in [1.807, 2.05) is 169 Å². The minimum absolute atomic E-state index is 0. The summed E-state index contributed by atoms with van der Waals surface area (Å²) in [5.41, 5.74) is 3.21. The number of aliphatic carboxylic acids is 1. The van der Waals surface area contributed by atoms with Gasteiger partial charge in [-0.3, -0.25) is 0 Å². The lowest BCUT2D eigenvalue weighted by Crippen LogP contribution is -2.62. The van der Waals surface area contributed by atoms with Gasteiger partial charge in [0.25, 0.3) is 0 Å². The van der Waals surface area contributed by atoms with Gasteiger partial charge in [0.05, 0.1) is 74.8 Å². The van der Waals surface area contributed by atoms with E-state index in [4.69, 9.17) is 129 Å². The molecule has 5 saturated carbocycles. The van der Waals surface area contributed by atoms with Crippen LogP contribution < -0.4 is 0 Å². The van der Waals surface area contributed by atoms with Gasteiger partial charge in [-0.1, -0.05) is 156 Å². The number of fused-ring (bicyclic) bond motifs is 7. The quantitative estimate of drug-likeness (QED) is 0.0548. The first-order chi connectivity index (χ1) is 59.0. The van der Waals surface area contributed by atoms with E-state index in [1.165, 1.54) is 12.8 Å². The second-order valence-corrected chi connectivity index (χ2v) is 36.9. The number of benzene rings is 3. The summed E-state index contributed by atoms with van der Waals surface area (Å²) in [5.74, 6) is -8.01. The standard InChI is InChI=1S/C20H28O5.C19H26O6.C17H24O5.C16H30O8.C10H18O5.C5H10O.C2HF3O2.CH4O.5CH4/c1-12-14-17(24-19(2,3)22-14)16(18-15(12)23-20(4,5)25-18)21-11-13-9-7-6-8-10-13;1-18(2)22-13-12(20)14-17(25-19(3,4)23-14)15(16(13)24-18)21-10-11-8-6-5-7-9-11;1-10-12(18)13(19)15(16-14(10)21-17(2,3)22-16)20-9-11-7-5-4-6-8-11;1-10-11(20-7-17-4)13(21-8-18-5)14(22-9-19-6)15-12(10)23-16(2,3)24-15;1-4-5(11)6(12)7(13)9-8(4)14-10(2,3)15-9;1-5-3-2-4-6-5;3-2(4,5)1(6)7;1-2;;;;;/h6-10,12,14-18H,11H2,1-5H3;5-9,12-17,20H,10H2,1-4H3;4-8,10,12-16,18-19H,9H2,1-3H3;10-15H,7-9H2,1-6H3;4-9,11-13H,1-3H3;5H,2-4H2,1H3;(H,6,7);2H,1H3;5*1H4/t12?,14-,15+,16?,17-,18-;12?,13-,14+,15?,16-,17-;10-,12-,13+,14+,15-,16+;10-,11-,12+,13?,14-,15+;4-,5-,6+,7-,8+,9-;;;;;;;;/m11000......../s1. The van der Waals surface area contributed by atoms with E-state index < -0.39 is 138 Å². The number of rotatable bonds is 18. The van der Waals surface area contributed by atoms with Gasteiger partial charge in [-0.15, -0.1) is 0 Å². The zero-order valence-electron chi connectivity index (χ0n) is 76.8. The fourth-order valence-corrected chi connectivity index (χ4v) is 18.2. The maximum Gasteiger partial charge on any atom is 0.490 e. The van der Waals surface area contributed by atoms with Gasteiger partial charge < -0.3 is 155 Å². The molecule has 5 aliphatic carbocycles. The Labute approximate surface area is 774 Å². The smallest absolute Gasteiger partial charge is 0.475 e. The first-order valence-corrected chi connectivity index (χ1v) is 43.2. The van der Waals surface area contributed by atoms with Crippen molar-refractivity contribution in [1.29, 1.82) is 0 Å². The van der Waals surface area contributed by atoms with Gasteiger partial charge in [0.2, 0.25) is 0 Å². The molecular formula is C95H161F3O33. The molecule has 0 radical (unpaired) electrons. The molecule has 760 valence electrons. The average Bonchev–Trinajstić information content (AvgIpc) is 1.58. The molecule has 8 aliphatic heterocycles. The van der Waals surface area contributed by atoms with Gasteiger partial charge in [0, 0.05) is 58.7 Å². The van der Waals surface area contributed by atoms with Gasteiger partial charge in [0.1, 0.15) is 130 Å². The number of hydrogen-bond acceptors (Lipinski definition) is 32. The Balaban J connectivity index is 0.000000328. The van der Waals surface area contributed by atoms with Crippen LogP contribution in [0.5, 0.6) is 0 Å². The Bertz CT molecular complexity index is 3520. The first-order valence-electron chi connectivity index (χ1n) is 43.2. The molecule has 31 atom stereocenters. The van der Waals surface area contributed by atoms with Crippen molar-refractivity contribution in [3.63, 3.8) is 0 Å². The van der Waals surface area contributed by atoms with Crippen LogP contribution >= 0.6 is 0 Å². The van der Waals surface area contributed by atoms with Crippen LogP contribution in [-0.4, -0.2) is 314 Å². The minimum atomic E-state index is -5.08.